The second-order valence-electron chi connectivity index (χ2n) is 6.23. The quantitative estimate of drug-likeness (QED) is 0.240. The van der Waals surface area contributed by atoms with Crippen molar-refractivity contribution in [1.29, 1.82) is 0 Å². The van der Waals surface area contributed by atoms with Crippen LogP contribution in [0.3, 0.4) is 0 Å². The number of hydrogen-bond acceptors (Lipinski definition) is 5. The summed E-state index contributed by atoms with van der Waals surface area (Å²) in [5.74, 6) is 0.0187. The lowest BCUT2D eigenvalue weighted by Crippen LogP contribution is -2.08. The van der Waals surface area contributed by atoms with Crippen LogP contribution < -0.4 is 14.2 Å². The van der Waals surface area contributed by atoms with E-state index in [2.05, 4.69) is 0 Å². The summed E-state index contributed by atoms with van der Waals surface area (Å²) in [5.41, 5.74) is 1.30. The molecule has 0 saturated carbocycles. The zero-order valence-corrected chi connectivity index (χ0v) is 16.4. The molecular formula is C24H19FO5. The standard InChI is InChI=1S/C24H19FO5/c1-28-19-11-12-21(23(15-19)29-2)22(26)13-6-16-4-3-5-20(14-16)30-24(27)17-7-9-18(25)10-8-17/h3-15H,1-2H3. The summed E-state index contributed by atoms with van der Waals surface area (Å²) in [6.07, 6.45) is 3.02. The van der Waals surface area contributed by atoms with Gasteiger partial charge in [0.05, 0.1) is 25.3 Å². The molecule has 5 nitrogen and oxygen atoms in total. The number of esters is 1. The molecule has 0 saturated heterocycles. The maximum Gasteiger partial charge on any atom is 0.343 e. The van der Waals surface area contributed by atoms with Crippen LogP contribution in [-0.4, -0.2) is 26.0 Å². The van der Waals surface area contributed by atoms with Crippen LogP contribution in [0.15, 0.2) is 72.8 Å². The summed E-state index contributed by atoms with van der Waals surface area (Å²) in [5, 5.41) is 0. The number of methoxy groups -OCH3 is 2. The highest BCUT2D eigenvalue weighted by Crippen LogP contribution is 2.25. The van der Waals surface area contributed by atoms with Gasteiger partial charge in [-0.3, -0.25) is 4.79 Å². The van der Waals surface area contributed by atoms with Gasteiger partial charge >= 0.3 is 5.97 Å². The lowest BCUT2D eigenvalue weighted by atomic mass is 10.1. The predicted octanol–water partition coefficient (Wildman–Crippen LogP) is 4.96. The van der Waals surface area contributed by atoms with Gasteiger partial charge in [0.15, 0.2) is 5.78 Å². The lowest BCUT2D eigenvalue weighted by Gasteiger charge is -2.08. The van der Waals surface area contributed by atoms with Crippen LogP contribution in [0.25, 0.3) is 6.08 Å². The third-order valence-corrected chi connectivity index (χ3v) is 4.25. The number of benzene rings is 3. The fourth-order valence-electron chi connectivity index (χ4n) is 2.70. The molecule has 3 aromatic carbocycles. The molecule has 0 spiro atoms. The van der Waals surface area contributed by atoms with E-state index in [0.29, 0.717) is 28.4 Å². The fourth-order valence-corrected chi connectivity index (χ4v) is 2.70. The smallest absolute Gasteiger partial charge is 0.343 e. The van der Waals surface area contributed by atoms with Gasteiger partial charge in [-0.25, -0.2) is 9.18 Å². The highest BCUT2D eigenvalue weighted by molar-refractivity contribution is 6.08. The molecule has 0 heterocycles. The van der Waals surface area contributed by atoms with Gasteiger partial charge in [0.25, 0.3) is 0 Å². The van der Waals surface area contributed by atoms with Crippen LogP contribution in [0.1, 0.15) is 26.3 Å². The van der Waals surface area contributed by atoms with E-state index >= 15 is 0 Å². The third kappa shape index (κ3) is 5.11. The van der Waals surface area contributed by atoms with Gasteiger partial charge in [-0.05, 0) is 60.2 Å². The van der Waals surface area contributed by atoms with E-state index in [9.17, 15) is 14.0 Å². The van der Waals surface area contributed by atoms with Gasteiger partial charge in [-0.15, -0.1) is 0 Å². The van der Waals surface area contributed by atoms with Gasteiger partial charge in [-0.1, -0.05) is 18.2 Å². The number of hydrogen-bond donors (Lipinski definition) is 0. The molecule has 0 aromatic heterocycles. The second-order valence-corrected chi connectivity index (χ2v) is 6.23. The molecule has 0 unspecified atom stereocenters. The van der Waals surface area contributed by atoms with Crippen LogP contribution in [0.2, 0.25) is 0 Å². The van der Waals surface area contributed by atoms with Crippen LogP contribution in [0, 0.1) is 5.82 Å². The zero-order valence-electron chi connectivity index (χ0n) is 16.4. The molecule has 0 fully saturated rings. The molecule has 3 rings (SSSR count). The van der Waals surface area contributed by atoms with Crippen molar-refractivity contribution in [3.63, 3.8) is 0 Å². The Morgan fingerprint density at radius 3 is 2.33 bits per heavy atom. The van der Waals surface area contributed by atoms with Crippen molar-refractivity contribution in [2.45, 2.75) is 0 Å². The van der Waals surface area contributed by atoms with Crippen molar-refractivity contribution >= 4 is 17.8 Å². The summed E-state index contributed by atoms with van der Waals surface area (Å²) >= 11 is 0. The Labute approximate surface area is 173 Å². The minimum absolute atomic E-state index is 0.235. The van der Waals surface area contributed by atoms with Crippen LogP contribution in [0.4, 0.5) is 4.39 Å². The number of ketones is 1. The summed E-state index contributed by atoms with van der Waals surface area (Å²) in [7, 11) is 3.01. The van der Waals surface area contributed by atoms with E-state index in [-0.39, 0.29) is 11.3 Å². The number of carbonyl (C=O) groups excluding carboxylic acids is 2. The Hall–Kier alpha value is -3.93. The second kappa shape index (κ2) is 9.52. The number of allylic oxidation sites excluding steroid dienone is 1. The minimum Gasteiger partial charge on any atom is -0.497 e. The molecule has 6 heteroatoms. The fraction of sp³-hybridized carbons (Fsp3) is 0.0833. The van der Waals surface area contributed by atoms with E-state index in [1.165, 1.54) is 44.6 Å². The van der Waals surface area contributed by atoms with Gasteiger partial charge in [-0.2, -0.15) is 0 Å². The van der Waals surface area contributed by atoms with Crippen LogP contribution >= 0.6 is 0 Å². The first-order valence-electron chi connectivity index (χ1n) is 9.02. The van der Waals surface area contributed by atoms with E-state index in [1.54, 1.807) is 48.5 Å². The summed E-state index contributed by atoms with van der Waals surface area (Å²) in [6.45, 7) is 0. The summed E-state index contributed by atoms with van der Waals surface area (Å²) in [4.78, 5) is 24.7. The lowest BCUT2D eigenvalue weighted by molar-refractivity contribution is 0.0734. The molecule has 0 amide bonds. The van der Waals surface area contributed by atoms with Crippen LogP contribution in [-0.2, 0) is 0 Å². The normalized spacial score (nSPS) is 10.6. The largest absolute Gasteiger partial charge is 0.497 e. The zero-order chi connectivity index (χ0) is 21.5. The van der Waals surface area contributed by atoms with E-state index in [0.717, 1.165) is 0 Å². The highest BCUT2D eigenvalue weighted by Gasteiger charge is 2.11. The number of ether oxygens (including phenoxy) is 3. The summed E-state index contributed by atoms with van der Waals surface area (Å²) in [6, 6.07) is 16.7. The van der Waals surface area contributed by atoms with Crippen molar-refractivity contribution in [1.82, 2.24) is 0 Å². The first-order valence-corrected chi connectivity index (χ1v) is 9.02. The number of carbonyl (C=O) groups is 2. The number of rotatable bonds is 7. The average molecular weight is 406 g/mol. The molecule has 0 aliphatic rings. The molecular weight excluding hydrogens is 387 g/mol. The number of halogens is 1. The molecule has 0 aliphatic heterocycles. The Morgan fingerprint density at radius 2 is 1.63 bits per heavy atom. The maximum atomic E-state index is 13.0. The van der Waals surface area contributed by atoms with Gasteiger partial charge in [0.2, 0.25) is 0 Å². The van der Waals surface area contributed by atoms with Crippen molar-refractivity contribution in [3.05, 3.63) is 95.3 Å². The molecule has 3 aromatic rings. The van der Waals surface area contributed by atoms with E-state index < -0.39 is 11.8 Å². The first-order chi connectivity index (χ1) is 14.5. The Balaban J connectivity index is 1.73. The highest BCUT2D eigenvalue weighted by atomic mass is 19.1. The monoisotopic (exact) mass is 406 g/mol. The Kier molecular flexibility index (Phi) is 6.60. The van der Waals surface area contributed by atoms with E-state index in [4.69, 9.17) is 14.2 Å². The molecule has 0 aliphatic carbocycles. The molecule has 0 radical (unpaired) electrons. The summed E-state index contributed by atoms with van der Waals surface area (Å²) < 4.78 is 28.7. The first kappa shape index (κ1) is 20.8. The molecule has 0 N–H and O–H groups in total. The molecule has 152 valence electrons. The van der Waals surface area contributed by atoms with E-state index in [1.807, 2.05) is 0 Å². The molecule has 0 bridgehead atoms. The molecule has 0 atom stereocenters. The maximum absolute atomic E-state index is 13.0. The third-order valence-electron chi connectivity index (χ3n) is 4.25. The van der Waals surface area contributed by atoms with Gasteiger partial charge in [0.1, 0.15) is 23.1 Å². The van der Waals surface area contributed by atoms with Gasteiger partial charge in [0, 0.05) is 6.07 Å². The Bertz CT molecular complexity index is 1090. The topological polar surface area (TPSA) is 61.8 Å². The van der Waals surface area contributed by atoms with Crippen molar-refractivity contribution < 1.29 is 28.2 Å². The van der Waals surface area contributed by atoms with Gasteiger partial charge < -0.3 is 14.2 Å². The molecule has 30 heavy (non-hydrogen) atoms. The Morgan fingerprint density at radius 1 is 0.867 bits per heavy atom. The van der Waals surface area contributed by atoms with Crippen molar-refractivity contribution in [3.8, 4) is 17.2 Å². The van der Waals surface area contributed by atoms with Crippen LogP contribution in [0.5, 0.6) is 17.2 Å². The SMILES string of the molecule is COc1ccc(C(=O)C=Cc2cccc(OC(=O)c3ccc(F)cc3)c2)c(OC)c1. The average Bonchev–Trinajstić information content (AvgIpc) is 2.77. The predicted molar refractivity (Wildman–Crippen MR) is 111 cm³/mol. The minimum atomic E-state index is -0.602. The van der Waals surface area contributed by atoms with Crippen molar-refractivity contribution in [2.24, 2.45) is 0 Å². The van der Waals surface area contributed by atoms with Crippen molar-refractivity contribution in [2.75, 3.05) is 14.2 Å².